The van der Waals surface area contributed by atoms with E-state index in [1.165, 1.54) is 23.3 Å². The van der Waals surface area contributed by atoms with E-state index in [9.17, 15) is 4.79 Å². The summed E-state index contributed by atoms with van der Waals surface area (Å²) in [5, 5.41) is 5.85. The first-order chi connectivity index (χ1) is 15.2. The van der Waals surface area contributed by atoms with Crippen molar-refractivity contribution in [2.24, 2.45) is 0 Å². The molecule has 1 N–H and O–H groups in total. The number of nitrogens with zero attached hydrogens (tertiary/aromatic N) is 2. The zero-order valence-electron chi connectivity index (χ0n) is 17.6. The van der Waals surface area contributed by atoms with E-state index in [2.05, 4.69) is 16.8 Å². The number of carbonyl (C=O) groups excluding carboxylic acids is 1. The number of thiophene rings is 1. The first-order valence-electron chi connectivity index (χ1n) is 10.5. The molecule has 1 unspecified atom stereocenters. The maximum Gasteiger partial charge on any atom is 0.324 e. The fourth-order valence-electron chi connectivity index (χ4n) is 4.49. The van der Waals surface area contributed by atoms with E-state index in [0.29, 0.717) is 17.4 Å². The third-order valence-electron chi connectivity index (χ3n) is 6.01. The average Bonchev–Trinajstić information content (AvgIpc) is 3.46. The standard InChI is InChI=1S/C23H25N3O3S2/c1-28-17-12-14-9-10-26(21(20-8-5-11-30-20)15(14)13-18(17)29-2)23(27)25-22-24-16-6-3-4-7-19(16)31-22/h5,8,11-13,21H,3-4,6-7,9-10H2,1-2H3,(H,24,25,27). The summed E-state index contributed by atoms with van der Waals surface area (Å²) in [6.45, 7) is 0.627. The maximum absolute atomic E-state index is 13.4. The number of benzene rings is 1. The SMILES string of the molecule is COc1cc2c(cc1OC)C(c1cccs1)N(C(=O)Nc1nc3c(s1)CCCC3)CC2. The number of aryl methyl sites for hydroxylation is 2. The zero-order chi connectivity index (χ0) is 21.4. The summed E-state index contributed by atoms with van der Waals surface area (Å²) >= 11 is 3.28. The first-order valence-corrected chi connectivity index (χ1v) is 12.2. The second-order valence-electron chi connectivity index (χ2n) is 7.79. The molecule has 2 aliphatic rings. The number of methoxy groups -OCH3 is 2. The average molecular weight is 456 g/mol. The number of ether oxygens (including phenoxy) is 2. The molecule has 31 heavy (non-hydrogen) atoms. The molecule has 0 spiro atoms. The molecule has 3 heterocycles. The lowest BCUT2D eigenvalue weighted by atomic mass is 9.91. The molecular formula is C23H25N3O3S2. The fourth-order valence-corrected chi connectivity index (χ4v) is 6.38. The topological polar surface area (TPSA) is 63.7 Å². The number of fused-ring (bicyclic) bond motifs is 2. The normalized spacial score (nSPS) is 17.6. The highest BCUT2D eigenvalue weighted by atomic mass is 32.1. The van der Waals surface area contributed by atoms with Gasteiger partial charge in [-0.05, 0) is 66.8 Å². The summed E-state index contributed by atoms with van der Waals surface area (Å²) in [4.78, 5) is 22.5. The number of anilines is 1. The smallest absolute Gasteiger partial charge is 0.324 e. The summed E-state index contributed by atoms with van der Waals surface area (Å²) in [7, 11) is 3.29. The van der Waals surface area contributed by atoms with Gasteiger partial charge in [-0.15, -0.1) is 22.7 Å². The third kappa shape index (κ3) is 3.78. The number of aromatic nitrogens is 1. The number of nitrogens with one attached hydrogen (secondary N) is 1. The van der Waals surface area contributed by atoms with Crippen LogP contribution < -0.4 is 14.8 Å². The minimum Gasteiger partial charge on any atom is -0.493 e. The number of urea groups is 1. The molecule has 6 nitrogen and oxygen atoms in total. The van der Waals surface area contributed by atoms with Gasteiger partial charge in [0.25, 0.3) is 0 Å². The second-order valence-corrected chi connectivity index (χ2v) is 9.86. The Labute approximate surface area is 189 Å². The summed E-state index contributed by atoms with van der Waals surface area (Å²) in [6, 6.07) is 7.89. The molecule has 0 saturated heterocycles. The Balaban J connectivity index is 1.48. The summed E-state index contributed by atoms with van der Waals surface area (Å²) in [5.41, 5.74) is 3.42. The highest BCUT2D eigenvalue weighted by Gasteiger charge is 2.34. The van der Waals surface area contributed by atoms with Crippen LogP contribution in [0.3, 0.4) is 0 Å². The van der Waals surface area contributed by atoms with Crippen molar-refractivity contribution in [3.8, 4) is 11.5 Å². The van der Waals surface area contributed by atoms with Crippen molar-refractivity contribution in [3.05, 3.63) is 56.2 Å². The van der Waals surface area contributed by atoms with E-state index in [4.69, 9.17) is 14.5 Å². The van der Waals surface area contributed by atoms with Crippen LogP contribution in [0.15, 0.2) is 29.6 Å². The Bertz CT molecular complexity index is 1070. The third-order valence-corrected chi connectivity index (χ3v) is 8.00. The van der Waals surface area contributed by atoms with E-state index in [-0.39, 0.29) is 12.1 Å². The molecule has 1 atom stereocenters. The highest BCUT2D eigenvalue weighted by Crippen LogP contribution is 2.42. The molecule has 2 aromatic heterocycles. The molecule has 0 radical (unpaired) electrons. The van der Waals surface area contributed by atoms with Gasteiger partial charge in [-0.1, -0.05) is 6.07 Å². The van der Waals surface area contributed by atoms with E-state index >= 15 is 0 Å². The quantitative estimate of drug-likeness (QED) is 0.581. The molecule has 3 aromatic rings. The monoisotopic (exact) mass is 455 g/mol. The predicted molar refractivity (Wildman–Crippen MR) is 124 cm³/mol. The van der Waals surface area contributed by atoms with Crippen molar-refractivity contribution >= 4 is 33.8 Å². The molecule has 1 aliphatic carbocycles. The van der Waals surface area contributed by atoms with Crippen molar-refractivity contribution in [1.82, 2.24) is 9.88 Å². The molecule has 0 saturated carbocycles. The van der Waals surface area contributed by atoms with Crippen molar-refractivity contribution in [2.75, 3.05) is 26.1 Å². The van der Waals surface area contributed by atoms with Crippen LogP contribution in [0.25, 0.3) is 0 Å². The van der Waals surface area contributed by atoms with E-state index in [1.54, 1.807) is 36.9 Å². The Morgan fingerprint density at radius 1 is 1.16 bits per heavy atom. The van der Waals surface area contributed by atoms with Crippen molar-refractivity contribution < 1.29 is 14.3 Å². The number of carbonyl (C=O) groups is 1. The number of hydrogen-bond donors (Lipinski definition) is 1. The van der Waals surface area contributed by atoms with Gasteiger partial charge in [-0.2, -0.15) is 0 Å². The molecule has 162 valence electrons. The van der Waals surface area contributed by atoms with Gasteiger partial charge in [0, 0.05) is 16.3 Å². The second kappa shape index (κ2) is 8.51. The minimum absolute atomic E-state index is 0.107. The Morgan fingerprint density at radius 3 is 2.71 bits per heavy atom. The molecule has 5 rings (SSSR count). The van der Waals surface area contributed by atoms with Crippen LogP contribution in [0.2, 0.25) is 0 Å². The van der Waals surface area contributed by atoms with Crippen molar-refractivity contribution in [2.45, 2.75) is 38.1 Å². The van der Waals surface area contributed by atoms with Gasteiger partial charge in [0.1, 0.15) is 0 Å². The molecule has 0 fully saturated rings. The lowest BCUT2D eigenvalue weighted by Crippen LogP contribution is -2.42. The van der Waals surface area contributed by atoms with Gasteiger partial charge >= 0.3 is 6.03 Å². The molecule has 1 aliphatic heterocycles. The Hall–Kier alpha value is -2.58. The molecular weight excluding hydrogens is 430 g/mol. The summed E-state index contributed by atoms with van der Waals surface area (Å²) in [5.74, 6) is 1.40. The van der Waals surface area contributed by atoms with Crippen molar-refractivity contribution in [3.63, 3.8) is 0 Å². The van der Waals surface area contributed by atoms with Gasteiger partial charge in [0.05, 0.1) is 26.0 Å². The van der Waals surface area contributed by atoms with Crippen LogP contribution >= 0.6 is 22.7 Å². The zero-order valence-corrected chi connectivity index (χ0v) is 19.3. The van der Waals surface area contributed by atoms with Crippen molar-refractivity contribution in [1.29, 1.82) is 0 Å². The van der Waals surface area contributed by atoms with Crippen LogP contribution in [-0.4, -0.2) is 36.7 Å². The number of rotatable bonds is 4. The van der Waals surface area contributed by atoms with Crippen LogP contribution in [0.1, 0.15) is 45.5 Å². The van der Waals surface area contributed by atoms with Gasteiger partial charge in [-0.3, -0.25) is 5.32 Å². The Kier molecular flexibility index (Phi) is 5.58. The highest BCUT2D eigenvalue weighted by molar-refractivity contribution is 7.15. The lowest BCUT2D eigenvalue weighted by molar-refractivity contribution is 0.194. The van der Waals surface area contributed by atoms with Gasteiger partial charge in [-0.25, -0.2) is 9.78 Å². The Morgan fingerprint density at radius 2 is 1.97 bits per heavy atom. The van der Waals surface area contributed by atoms with E-state index < -0.39 is 0 Å². The van der Waals surface area contributed by atoms with Crippen LogP contribution in [0.4, 0.5) is 9.93 Å². The first kappa shape index (κ1) is 20.3. The van der Waals surface area contributed by atoms with Crippen LogP contribution in [0.5, 0.6) is 11.5 Å². The summed E-state index contributed by atoms with van der Waals surface area (Å²) in [6.07, 6.45) is 5.23. The van der Waals surface area contributed by atoms with Gasteiger partial charge < -0.3 is 14.4 Å². The largest absolute Gasteiger partial charge is 0.493 e. The van der Waals surface area contributed by atoms with E-state index in [1.807, 2.05) is 23.1 Å². The van der Waals surface area contributed by atoms with Gasteiger partial charge in [0.2, 0.25) is 0 Å². The van der Waals surface area contributed by atoms with E-state index in [0.717, 1.165) is 41.1 Å². The van der Waals surface area contributed by atoms with Crippen LogP contribution in [-0.2, 0) is 19.3 Å². The fraction of sp³-hybridized carbons (Fsp3) is 0.391. The van der Waals surface area contributed by atoms with Gasteiger partial charge in [0.15, 0.2) is 16.6 Å². The van der Waals surface area contributed by atoms with Crippen LogP contribution in [0, 0.1) is 0 Å². The maximum atomic E-state index is 13.4. The number of thiazole rings is 1. The number of hydrogen-bond acceptors (Lipinski definition) is 6. The number of amides is 2. The summed E-state index contributed by atoms with van der Waals surface area (Å²) < 4.78 is 11.1. The predicted octanol–water partition coefficient (Wildman–Crippen LogP) is 5.28. The molecule has 1 aromatic carbocycles. The molecule has 0 bridgehead atoms. The lowest BCUT2D eigenvalue weighted by Gasteiger charge is -2.37. The molecule has 2 amide bonds. The minimum atomic E-state index is -0.168. The molecule has 8 heteroatoms.